The highest BCUT2D eigenvalue weighted by Crippen LogP contribution is 2.38. The number of halogens is 1. The molecule has 0 aliphatic heterocycles. The van der Waals surface area contributed by atoms with E-state index >= 15 is 0 Å². The molecule has 1 aromatic carbocycles. The highest BCUT2D eigenvalue weighted by molar-refractivity contribution is 6.17. The van der Waals surface area contributed by atoms with Gasteiger partial charge in [0.1, 0.15) is 0 Å². The van der Waals surface area contributed by atoms with Gasteiger partial charge in [-0.25, -0.2) is 0 Å². The predicted molar refractivity (Wildman–Crippen MR) is 82.5 cm³/mol. The molecule has 6 heteroatoms. The molecule has 5 nitrogen and oxygen atoms in total. The van der Waals surface area contributed by atoms with Gasteiger partial charge in [0.25, 0.3) is 0 Å². The summed E-state index contributed by atoms with van der Waals surface area (Å²) in [7, 11) is 4.68. The zero-order valence-electron chi connectivity index (χ0n) is 12.7. The molecular weight excluding hydrogens is 294 g/mol. The minimum Gasteiger partial charge on any atom is -0.493 e. The standard InChI is InChI=1S/C15H22ClNO4/c1-19-12-8-11(9-13(20-2)15(12)21-3)10-17-14(18)6-4-5-7-16/h8-9H,4-7,10H2,1-3H3,(H,17,18). The number of methoxy groups -OCH3 is 3. The van der Waals surface area contributed by atoms with E-state index in [0.717, 1.165) is 18.4 Å². The van der Waals surface area contributed by atoms with Gasteiger partial charge in [-0.1, -0.05) is 0 Å². The van der Waals surface area contributed by atoms with E-state index in [2.05, 4.69) is 5.32 Å². The van der Waals surface area contributed by atoms with Crippen LogP contribution in [0.4, 0.5) is 0 Å². The van der Waals surface area contributed by atoms with E-state index < -0.39 is 0 Å². The van der Waals surface area contributed by atoms with E-state index in [1.54, 1.807) is 21.3 Å². The number of nitrogens with one attached hydrogen (secondary N) is 1. The molecule has 21 heavy (non-hydrogen) atoms. The van der Waals surface area contributed by atoms with E-state index in [-0.39, 0.29) is 5.91 Å². The molecule has 0 saturated carbocycles. The van der Waals surface area contributed by atoms with E-state index in [9.17, 15) is 4.79 Å². The lowest BCUT2D eigenvalue weighted by molar-refractivity contribution is -0.121. The van der Waals surface area contributed by atoms with Crippen LogP contribution in [0.3, 0.4) is 0 Å². The zero-order valence-corrected chi connectivity index (χ0v) is 13.5. The summed E-state index contributed by atoms with van der Waals surface area (Å²) in [4.78, 5) is 11.7. The first-order valence-electron chi connectivity index (χ1n) is 6.77. The highest BCUT2D eigenvalue weighted by atomic mass is 35.5. The SMILES string of the molecule is COc1cc(CNC(=O)CCCCCl)cc(OC)c1OC. The average molecular weight is 316 g/mol. The molecule has 0 radical (unpaired) electrons. The normalized spacial score (nSPS) is 10.1. The number of hydrogen-bond acceptors (Lipinski definition) is 4. The Kier molecular flexibility index (Phi) is 7.75. The molecule has 0 unspecified atom stereocenters. The Morgan fingerprint density at radius 2 is 1.71 bits per heavy atom. The third kappa shape index (κ3) is 5.34. The Balaban J connectivity index is 2.69. The fourth-order valence-electron chi connectivity index (χ4n) is 1.91. The van der Waals surface area contributed by atoms with Crippen LogP contribution in [-0.4, -0.2) is 33.1 Å². The molecule has 0 spiro atoms. The summed E-state index contributed by atoms with van der Waals surface area (Å²) in [6.07, 6.45) is 2.13. The number of alkyl halides is 1. The maximum absolute atomic E-state index is 11.7. The topological polar surface area (TPSA) is 56.8 Å². The molecule has 0 saturated heterocycles. The largest absolute Gasteiger partial charge is 0.493 e. The summed E-state index contributed by atoms with van der Waals surface area (Å²) in [5, 5.41) is 2.86. The number of rotatable bonds is 9. The van der Waals surface area contributed by atoms with Crippen molar-refractivity contribution in [3.05, 3.63) is 17.7 Å². The number of carbonyl (C=O) groups excluding carboxylic acids is 1. The second kappa shape index (κ2) is 9.34. The fraction of sp³-hybridized carbons (Fsp3) is 0.533. The minimum absolute atomic E-state index is 0.00821. The van der Waals surface area contributed by atoms with Crippen LogP contribution < -0.4 is 19.5 Å². The Morgan fingerprint density at radius 3 is 2.19 bits per heavy atom. The highest BCUT2D eigenvalue weighted by Gasteiger charge is 2.13. The van der Waals surface area contributed by atoms with Crippen molar-refractivity contribution in [3.63, 3.8) is 0 Å². The molecule has 1 N–H and O–H groups in total. The first kappa shape index (κ1) is 17.4. The number of unbranched alkanes of at least 4 members (excludes halogenated alkanes) is 1. The second-order valence-corrected chi connectivity index (χ2v) is 4.83. The Hall–Kier alpha value is -1.62. The second-order valence-electron chi connectivity index (χ2n) is 4.46. The lowest BCUT2D eigenvalue weighted by atomic mass is 10.1. The molecule has 0 bridgehead atoms. The average Bonchev–Trinajstić information content (AvgIpc) is 2.51. The van der Waals surface area contributed by atoms with E-state index in [0.29, 0.717) is 36.1 Å². The Bertz CT molecular complexity index is 440. The lowest BCUT2D eigenvalue weighted by Gasteiger charge is -2.14. The van der Waals surface area contributed by atoms with Crippen molar-refractivity contribution in [2.75, 3.05) is 27.2 Å². The smallest absolute Gasteiger partial charge is 0.220 e. The molecule has 1 aromatic rings. The van der Waals surface area contributed by atoms with Gasteiger partial charge in [-0.2, -0.15) is 0 Å². The molecule has 0 heterocycles. The summed E-state index contributed by atoms with van der Waals surface area (Å²) < 4.78 is 15.8. The van der Waals surface area contributed by atoms with Crippen LogP contribution in [0.5, 0.6) is 17.2 Å². The van der Waals surface area contributed by atoms with Crippen LogP contribution >= 0.6 is 11.6 Å². The molecule has 118 valence electrons. The van der Waals surface area contributed by atoms with Gasteiger partial charge in [-0.05, 0) is 30.5 Å². The monoisotopic (exact) mass is 315 g/mol. The number of hydrogen-bond donors (Lipinski definition) is 1. The van der Waals surface area contributed by atoms with Crippen molar-refractivity contribution in [1.29, 1.82) is 0 Å². The molecule has 0 aliphatic carbocycles. The van der Waals surface area contributed by atoms with Gasteiger partial charge in [-0.15, -0.1) is 11.6 Å². The van der Waals surface area contributed by atoms with Crippen molar-refractivity contribution < 1.29 is 19.0 Å². The van der Waals surface area contributed by atoms with Crippen LogP contribution in [0, 0.1) is 0 Å². The van der Waals surface area contributed by atoms with Crippen molar-refractivity contribution in [2.45, 2.75) is 25.8 Å². The van der Waals surface area contributed by atoms with Crippen molar-refractivity contribution in [2.24, 2.45) is 0 Å². The molecule has 1 rings (SSSR count). The van der Waals surface area contributed by atoms with Crippen LogP contribution in [0.15, 0.2) is 12.1 Å². The molecule has 1 amide bonds. The zero-order chi connectivity index (χ0) is 15.7. The first-order valence-corrected chi connectivity index (χ1v) is 7.31. The quantitative estimate of drug-likeness (QED) is 0.562. The summed E-state index contributed by atoms with van der Waals surface area (Å²) in [6, 6.07) is 3.64. The van der Waals surface area contributed by atoms with Crippen LogP contribution in [-0.2, 0) is 11.3 Å². The van der Waals surface area contributed by atoms with Crippen LogP contribution in [0.25, 0.3) is 0 Å². The van der Waals surface area contributed by atoms with Gasteiger partial charge in [0.15, 0.2) is 11.5 Å². The number of benzene rings is 1. The van der Waals surface area contributed by atoms with Gasteiger partial charge < -0.3 is 19.5 Å². The Morgan fingerprint density at radius 1 is 1.10 bits per heavy atom. The van der Waals surface area contributed by atoms with Gasteiger partial charge in [-0.3, -0.25) is 4.79 Å². The first-order chi connectivity index (χ1) is 10.2. The van der Waals surface area contributed by atoms with Gasteiger partial charge in [0, 0.05) is 18.8 Å². The lowest BCUT2D eigenvalue weighted by Crippen LogP contribution is -2.22. The van der Waals surface area contributed by atoms with Crippen LogP contribution in [0.1, 0.15) is 24.8 Å². The van der Waals surface area contributed by atoms with Crippen molar-refractivity contribution in [1.82, 2.24) is 5.32 Å². The summed E-state index contributed by atoms with van der Waals surface area (Å²) in [5.41, 5.74) is 0.884. The molecule has 0 aliphatic rings. The number of amides is 1. The summed E-state index contributed by atoms with van der Waals surface area (Å²) >= 11 is 5.58. The maximum atomic E-state index is 11.7. The van der Waals surface area contributed by atoms with Gasteiger partial charge in [0.05, 0.1) is 21.3 Å². The van der Waals surface area contributed by atoms with Crippen LogP contribution in [0.2, 0.25) is 0 Å². The summed E-state index contributed by atoms with van der Waals surface area (Å²) in [6.45, 7) is 0.413. The van der Waals surface area contributed by atoms with Gasteiger partial charge in [0.2, 0.25) is 11.7 Å². The van der Waals surface area contributed by atoms with Crippen molar-refractivity contribution >= 4 is 17.5 Å². The molecule has 0 atom stereocenters. The molecule has 0 fully saturated rings. The Labute approximate surface area is 130 Å². The number of carbonyl (C=O) groups is 1. The maximum Gasteiger partial charge on any atom is 0.220 e. The third-order valence-electron chi connectivity index (χ3n) is 3.00. The van der Waals surface area contributed by atoms with E-state index in [4.69, 9.17) is 25.8 Å². The molecule has 0 aromatic heterocycles. The van der Waals surface area contributed by atoms with E-state index in [1.165, 1.54) is 0 Å². The molecular formula is C15H22ClNO4. The number of ether oxygens (including phenoxy) is 3. The summed E-state index contributed by atoms with van der Waals surface area (Å²) in [5.74, 6) is 2.28. The predicted octanol–water partition coefficient (Wildman–Crippen LogP) is 2.74. The third-order valence-corrected chi connectivity index (χ3v) is 3.27. The van der Waals surface area contributed by atoms with Crippen molar-refractivity contribution in [3.8, 4) is 17.2 Å². The van der Waals surface area contributed by atoms with E-state index in [1.807, 2.05) is 12.1 Å². The fourth-order valence-corrected chi connectivity index (χ4v) is 2.10. The minimum atomic E-state index is 0.00821. The van der Waals surface area contributed by atoms with Gasteiger partial charge >= 0.3 is 0 Å².